The molecule has 0 radical (unpaired) electrons. The summed E-state index contributed by atoms with van der Waals surface area (Å²) in [4.78, 5) is 14.0. The van der Waals surface area contributed by atoms with Crippen LogP contribution in [0, 0.1) is 17.7 Å². The molecule has 3 N–H and O–H groups in total. The van der Waals surface area contributed by atoms with E-state index in [1.54, 1.807) is 13.1 Å². The lowest BCUT2D eigenvalue weighted by Crippen LogP contribution is -2.41. The van der Waals surface area contributed by atoms with E-state index in [2.05, 4.69) is 22.1 Å². The molecule has 5 heteroatoms. The van der Waals surface area contributed by atoms with E-state index >= 15 is 0 Å². The van der Waals surface area contributed by atoms with Crippen molar-refractivity contribution in [1.82, 2.24) is 10.2 Å². The quantitative estimate of drug-likeness (QED) is 0.811. The summed E-state index contributed by atoms with van der Waals surface area (Å²) in [5, 5.41) is 2.70. The van der Waals surface area contributed by atoms with Crippen molar-refractivity contribution >= 4 is 5.91 Å². The lowest BCUT2D eigenvalue weighted by atomic mass is 10.1. The van der Waals surface area contributed by atoms with Crippen LogP contribution in [0.25, 0.3) is 0 Å². The molecule has 1 aromatic carbocycles. The Morgan fingerprint density at radius 2 is 2.38 bits per heavy atom. The zero-order chi connectivity index (χ0) is 15.2. The molecule has 21 heavy (non-hydrogen) atoms. The zero-order valence-electron chi connectivity index (χ0n) is 12.2. The number of carbonyl (C=O) groups is 1. The first-order valence-corrected chi connectivity index (χ1v) is 7.08. The second-order valence-electron chi connectivity index (χ2n) is 5.05. The molecule has 0 aromatic heterocycles. The van der Waals surface area contributed by atoms with Gasteiger partial charge in [-0.25, -0.2) is 4.39 Å². The molecular formula is C16H20FN3O. The average Bonchev–Trinajstić information content (AvgIpc) is 2.94. The number of likely N-dealkylation sites (N-methyl/N-ethyl adjacent to an activating group) is 1. The van der Waals surface area contributed by atoms with Crippen molar-refractivity contribution in [3.63, 3.8) is 0 Å². The van der Waals surface area contributed by atoms with Crippen molar-refractivity contribution in [1.29, 1.82) is 0 Å². The van der Waals surface area contributed by atoms with Gasteiger partial charge >= 0.3 is 0 Å². The fraction of sp³-hybridized carbons (Fsp3) is 0.438. The third kappa shape index (κ3) is 3.81. The Labute approximate surface area is 124 Å². The van der Waals surface area contributed by atoms with Crippen LogP contribution in [0.3, 0.4) is 0 Å². The van der Waals surface area contributed by atoms with Crippen molar-refractivity contribution < 1.29 is 9.18 Å². The van der Waals surface area contributed by atoms with E-state index in [4.69, 9.17) is 5.73 Å². The zero-order valence-corrected chi connectivity index (χ0v) is 12.2. The number of halogens is 1. The third-order valence-electron chi connectivity index (χ3n) is 3.68. The second-order valence-corrected chi connectivity index (χ2v) is 5.05. The highest BCUT2D eigenvalue weighted by Gasteiger charge is 2.30. The number of likely N-dealkylation sites (tertiary alicyclic amines) is 1. The highest BCUT2D eigenvalue weighted by Crippen LogP contribution is 2.22. The van der Waals surface area contributed by atoms with Crippen LogP contribution in [0.4, 0.5) is 4.39 Å². The van der Waals surface area contributed by atoms with E-state index in [9.17, 15) is 9.18 Å². The number of hydrogen-bond donors (Lipinski definition) is 2. The van der Waals surface area contributed by atoms with Crippen molar-refractivity contribution in [2.24, 2.45) is 5.73 Å². The van der Waals surface area contributed by atoms with Gasteiger partial charge in [0.05, 0.1) is 12.6 Å². The van der Waals surface area contributed by atoms with Crippen LogP contribution in [0.5, 0.6) is 0 Å². The molecule has 4 nitrogen and oxygen atoms in total. The van der Waals surface area contributed by atoms with Gasteiger partial charge < -0.3 is 11.1 Å². The summed E-state index contributed by atoms with van der Waals surface area (Å²) < 4.78 is 13.4. The minimum absolute atomic E-state index is 0.0317. The molecule has 1 saturated heterocycles. The minimum Gasteiger partial charge on any atom is -0.358 e. The van der Waals surface area contributed by atoms with E-state index in [1.165, 1.54) is 12.1 Å². The van der Waals surface area contributed by atoms with E-state index in [0.29, 0.717) is 12.1 Å². The topological polar surface area (TPSA) is 58.4 Å². The molecule has 0 bridgehead atoms. The van der Waals surface area contributed by atoms with Gasteiger partial charge in [-0.2, -0.15) is 0 Å². The maximum absolute atomic E-state index is 13.4. The fourth-order valence-corrected chi connectivity index (χ4v) is 2.65. The van der Waals surface area contributed by atoms with Gasteiger partial charge in [0.15, 0.2) is 0 Å². The lowest BCUT2D eigenvalue weighted by molar-refractivity contribution is -0.125. The van der Waals surface area contributed by atoms with Crippen LogP contribution in [0.2, 0.25) is 0 Å². The number of nitrogens with two attached hydrogens (primary N) is 1. The monoisotopic (exact) mass is 289 g/mol. The predicted molar refractivity (Wildman–Crippen MR) is 79.8 cm³/mol. The summed E-state index contributed by atoms with van der Waals surface area (Å²) in [5.41, 5.74) is 6.94. The molecule has 1 fully saturated rings. The molecule has 1 atom stereocenters. The fourth-order valence-electron chi connectivity index (χ4n) is 2.65. The van der Waals surface area contributed by atoms with Crippen molar-refractivity contribution in [3.05, 3.63) is 35.1 Å². The van der Waals surface area contributed by atoms with Crippen LogP contribution < -0.4 is 11.1 Å². The lowest BCUT2D eigenvalue weighted by Gasteiger charge is -2.23. The molecule has 1 aliphatic rings. The molecule has 0 spiro atoms. The molecule has 1 aromatic rings. The second kappa shape index (κ2) is 7.21. The summed E-state index contributed by atoms with van der Waals surface area (Å²) in [5.74, 6) is 5.38. The van der Waals surface area contributed by atoms with Crippen LogP contribution in [0.15, 0.2) is 18.2 Å². The van der Waals surface area contributed by atoms with Gasteiger partial charge in [0.1, 0.15) is 5.82 Å². The Morgan fingerprint density at radius 1 is 1.57 bits per heavy atom. The smallest absolute Gasteiger partial charge is 0.237 e. The van der Waals surface area contributed by atoms with Crippen LogP contribution in [0.1, 0.15) is 24.0 Å². The van der Waals surface area contributed by atoms with Crippen LogP contribution in [-0.4, -0.2) is 37.0 Å². The summed E-state index contributed by atoms with van der Waals surface area (Å²) in [6.45, 7) is 1.69. The highest BCUT2D eigenvalue weighted by atomic mass is 19.1. The summed E-state index contributed by atoms with van der Waals surface area (Å²) >= 11 is 0. The molecule has 1 amide bonds. The number of benzene rings is 1. The predicted octanol–water partition coefficient (Wildman–Crippen LogP) is 0.846. The van der Waals surface area contributed by atoms with Crippen LogP contribution in [-0.2, 0) is 11.3 Å². The van der Waals surface area contributed by atoms with Crippen LogP contribution >= 0.6 is 0 Å². The normalized spacial score (nSPS) is 18.1. The molecular weight excluding hydrogens is 269 g/mol. The maximum Gasteiger partial charge on any atom is 0.237 e. The number of carbonyl (C=O) groups excluding carboxylic acids is 1. The van der Waals surface area contributed by atoms with Gasteiger partial charge in [0.25, 0.3) is 0 Å². The van der Waals surface area contributed by atoms with Crippen molar-refractivity contribution in [3.8, 4) is 11.8 Å². The molecule has 112 valence electrons. The van der Waals surface area contributed by atoms with E-state index in [1.807, 2.05) is 0 Å². The standard InChI is InChI=1S/C16H20FN3O/c1-19-16(21)15-5-3-9-20(15)11-13-6-7-14(17)10-12(13)4-2-8-18/h6-7,10,15H,3,5,8-9,11,18H2,1H3,(H,19,21). The molecule has 1 aliphatic heterocycles. The van der Waals surface area contributed by atoms with E-state index < -0.39 is 0 Å². The molecule has 1 unspecified atom stereocenters. The molecule has 2 rings (SSSR count). The average molecular weight is 289 g/mol. The van der Waals surface area contributed by atoms with Gasteiger partial charge in [0.2, 0.25) is 5.91 Å². The Morgan fingerprint density at radius 3 is 3.10 bits per heavy atom. The Bertz CT molecular complexity index is 577. The van der Waals surface area contributed by atoms with Gasteiger partial charge in [0, 0.05) is 19.2 Å². The van der Waals surface area contributed by atoms with Gasteiger partial charge in [-0.15, -0.1) is 0 Å². The summed E-state index contributed by atoms with van der Waals surface area (Å²) in [6.07, 6.45) is 1.84. The van der Waals surface area contributed by atoms with Gasteiger partial charge in [-0.1, -0.05) is 17.9 Å². The van der Waals surface area contributed by atoms with E-state index in [-0.39, 0.29) is 24.3 Å². The number of nitrogens with one attached hydrogen (secondary N) is 1. The number of hydrogen-bond acceptors (Lipinski definition) is 3. The largest absolute Gasteiger partial charge is 0.358 e. The minimum atomic E-state index is -0.315. The third-order valence-corrected chi connectivity index (χ3v) is 3.68. The number of rotatable bonds is 3. The SMILES string of the molecule is CNC(=O)C1CCCN1Cc1ccc(F)cc1C#CCN. The van der Waals surface area contributed by atoms with E-state index in [0.717, 1.165) is 24.9 Å². The van der Waals surface area contributed by atoms with Crippen molar-refractivity contribution in [2.45, 2.75) is 25.4 Å². The highest BCUT2D eigenvalue weighted by molar-refractivity contribution is 5.81. The molecule has 0 aliphatic carbocycles. The number of amides is 1. The first kappa shape index (κ1) is 15.5. The first-order chi connectivity index (χ1) is 10.2. The Balaban J connectivity index is 2.20. The maximum atomic E-state index is 13.4. The summed E-state index contributed by atoms with van der Waals surface area (Å²) in [6, 6.07) is 4.46. The number of nitrogens with zero attached hydrogens (tertiary/aromatic N) is 1. The molecule has 1 heterocycles. The van der Waals surface area contributed by atoms with Crippen molar-refractivity contribution in [2.75, 3.05) is 20.1 Å². The Kier molecular flexibility index (Phi) is 5.32. The summed E-state index contributed by atoms with van der Waals surface area (Å²) in [7, 11) is 1.65. The van der Waals surface area contributed by atoms with Gasteiger partial charge in [-0.05, 0) is 37.1 Å². The Hall–Kier alpha value is -1.90. The molecule has 0 saturated carbocycles. The van der Waals surface area contributed by atoms with Gasteiger partial charge in [-0.3, -0.25) is 9.69 Å². The first-order valence-electron chi connectivity index (χ1n) is 7.08.